The molecule has 1 rings (SSSR count). The van der Waals surface area contributed by atoms with Crippen LogP contribution in [0.25, 0.3) is 0 Å². The van der Waals surface area contributed by atoms with Crippen LogP contribution in [-0.2, 0) is 13.0 Å². The summed E-state index contributed by atoms with van der Waals surface area (Å²) in [6.45, 7) is 1.43. The molecule has 0 bridgehead atoms. The zero-order chi connectivity index (χ0) is 11.1. The second kappa shape index (κ2) is 7.07. The van der Waals surface area contributed by atoms with Gasteiger partial charge in [0.15, 0.2) is 0 Å². The van der Waals surface area contributed by atoms with Gasteiger partial charge in [0, 0.05) is 24.8 Å². The summed E-state index contributed by atoms with van der Waals surface area (Å²) in [6.07, 6.45) is 0.913. The average molecular weight is 247 g/mol. The molecule has 0 atom stereocenters. The molecule has 0 saturated heterocycles. The molecule has 0 radical (unpaired) electrons. The number of hydrazine groups is 1. The molecule has 0 aliphatic rings. The highest BCUT2D eigenvalue weighted by Gasteiger charge is 2.00. The third-order valence-electron chi connectivity index (χ3n) is 2.16. The molecule has 4 heteroatoms. The number of rotatable bonds is 6. The van der Waals surface area contributed by atoms with Crippen LogP contribution in [0.2, 0.25) is 0 Å². The molecule has 0 aliphatic carbocycles. The van der Waals surface area contributed by atoms with Crippen molar-refractivity contribution in [2.75, 3.05) is 18.3 Å². The van der Waals surface area contributed by atoms with E-state index in [4.69, 9.17) is 29.0 Å². The molecule has 2 N–H and O–H groups in total. The van der Waals surface area contributed by atoms with Crippen LogP contribution in [0.3, 0.4) is 0 Å². The molecule has 1 aromatic carbocycles. The monoisotopic (exact) mass is 246 g/mol. The van der Waals surface area contributed by atoms with Crippen molar-refractivity contribution in [2.45, 2.75) is 13.0 Å². The third kappa shape index (κ3) is 4.85. The van der Waals surface area contributed by atoms with Crippen molar-refractivity contribution in [3.05, 3.63) is 35.4 Å². The minimum atomic E-state index is 0.556. The summed E-state index contributed by atoms with van der Waals surface area (Å²) >= 11 is 11.3. The molecule has 0 fully saturated rings. The lowest BCUT2D eigenvalue weighted by atomic mass is 10.1. The molecule has 0 amide bonds. The van der Waals surface area contributed by atoms with Gasteiger partial charge < -0.3 is 0 Å². The van der Waals surface area contributed by atoms with Gasteiger partial charge in [-0.2, -0.15) is 0 Å². The van der Waals surface area contributed by atoms with Crippen molar-refractivity contribution in [1.29, 1.82) is 0 Å². The van der Waals surface area contributed by atoms with Gasteiger partial charge in [-0.05, 0) is 17.5 Å². The molecular formula is C11H16Cl2N2. The maximum atomic E-state index is 5.74. The van der Waals surface area contributed by atoms with Crippen molar-refractivity contribution in [1.82, 2.24) is 5.01 Å². The Labute approximate surface area is 101 Å². The van der Waals surface area contributed by atoms with E-state index in [1.165, 1.54) is 11.1 Å². The van der Waals surface area contributed by atoms with Crippen LogP contribution >= 0.6 is 23.2 Å². The largest absolute Gasteiger partial charge is 0.268 e. The smallest absolute Gasteiger partial charge is 0.0379 e. The van der Waals surface area contributed by atoms with Crippen molar-refractivity contribution in [3.63, 3.8) is 0 Å². The molecule has 15 heavy (non-hydrogen) atoms. The highest BCUT2D eigenvalue weighted by Crippen LogP contribution is 2.07. The molecule has 0 saturated carbocycles. The first-order chi connectivity index (χ1) is 7.26. The highest BCUT2D eigenvalue weighted by molar-refractivity contribution is 6.18. The molecule has 0 spiro atoms. The van der Waals surface area contributed by atoms with E-state index in [1.807, 2.05) is 0 Å². The Hall–Kier alpha value is -0.280. The van der Waals surface area contributed by atoms with E-state index in [0.717, 1.165) is 13.0 Å². The molecule has 0 aromatic heterocycles. The number of hydrogen-bond acceptors (Lipinski definition) is 2. The fraction of sp³-hybridized carbons (Fsp3) is 0.455. The van der Waals surface area contributed by atoms with E-state index in [9.17, 15) is 0 Å². The Morgan fingerprint density at radius 2 is 1.60 bits per heavy atom. The van der Waals surface area contributed by atoms with Crippen LogP contribution in [0.1, 0.15) is 11.1 Å². The fourth-order valence-corrected chi connectivity index (χ4v) is 1.78. The maximum absolute atomic E-state index is 5.74. The minimum Gasteiger partial charge on any atom is -0.268 e. The lowest BCUT2D eigenvalue weighted by Gasteiger charge is -2.14. The predicted molar refractivity (Wildman–Crippen MR) is 66.2 cm³/mol. The van der Waals surface area contributed by atoms with Gasteiger partial charge in [-0.15, -0.1) is 23.2 Å². The summed E-state index contributed by atoms with van der Waals surface area (Å²) in [6, 6.07) is 8.34. The molecule has 0 heterocycles. The number of aryl methyl sites for hydroxylation is 1. The maximum Gasteiger partial charge on any atom is 0.0379 e. The quantitative estimate of drug-likeness (QED) is 0.475. The van der Waals surface area contributed by atoms with E-state index in [-0.39, 0.29) is 0 Å². The van der Waals surface area contributed by atoms with Crippen LogP contribution in [0.5, 0.6) is 0 Å². The Balaban J connectivity index is 2.48. The van der Waals surface area contributed by atoms with Crippen LogP contribution in [0, 0.1) is 0 Å². The zero-order valence-electron chi connectivity index (χ0n) is 8.63. The van der Waals surface area contributed by atoms with Crippen LogP contribution in [0.15, 0.2) is 24.3 Å². The number of benzene rings is 1. The number of nitrogens with two attached hydrogens (primary N) is 1. The Morgan fingerprint density at radius 3 is 2.13 bits per heavy atom. The summed E-state index contributed by atoms with van der Waals surface area (Å²) in [5.41, 5.74) is 2.45. The SMILES string of the molecule is NN(CCCl)Cc1ccc(CCCl)cc1. The summed E-state index contributed by atoms with van der Waals surface area (Å²) in [5.74, 6) is 6.96. The second-order valence-electron chi connectivity index (χ2n) is 3.41. The first-order valence-corrected chi connectivity index (χ1v) is 6.02. The van der Waals surface area contributed by atoms with Gasteiger partial charge in [-0.25, -0.2) is 5.01 Å². The van der Waals surface area contributed by atoms with Gasteiger partial charge in [-0.1, -0.05) is 24.3 Å². The third-order valence-corrected chi connectivity index (χ3v) is 2.52. The summed E-state index contributed by atoms with van der Waals surface area (Å²) in [7, 11) is 0. The molecule has 0 unspecified atom stereocenters. The van der Waals surface area contributed by atoms with Gasteiger partial charge >= 0.3 is 0 Å². The number of alkyl halides is 2. The van der Waals surface area contributed by atoms with E-state index < -0.39 is 0 Å². The average Bonchev–Trinajstić information content (AvgIpc) is 2.22. The highest BCUT2D eigenvalue weighted by atomic mass is 35.5. The van der Waals surface area contributed by atoms with E-state index >= 15 is 0 Å². The van der Waals surface area contributed by atoms with Gasteiger partial charge in [0.2, 0.25) is 0 Å². The van der Waals surface area contributed by atoms with Crippen LogP contribution in [-0.4, -0.2) is 23.3 Å². The zero-order valence-corrected chi connectivity index (χ0v) is 10.1. The number of halogens is 2. The summed E-state index contributed by atoms with van der Waals surface area (Å²) in [5, 5.41) is 1.71. The molecule has 84 valence electrons. The van der Waals surface area contributed by atoms with E-state index in [2.05, 4.69) is 24.3 Å². The van der Waals surface area contributed by atoms with Crippen molar-refractivity contribution in [3.8, 4) is 0 Å². The van der Waals surface area contributed by atoms with Crippen LogP contribution in [0.4, 0.5) is 0 Å². The number of hydrogen-bond donors (Lipinski definition) is 1. The van der Waals surface area contributed by atoms with E-state index in [1.54, 1.807) is 5.01 Å². The van der Waals surface area contributed by atoms with Gasteiger partial charge in [0.1, 0.15) is 0 Å². The summed E-state index contributed by atoms with van der Waals surface area (Å²) in [4.78, 5) is 0. The Kier molecular flexibility index (Phi) is 6.03. The molecule has 2 nitrogen and oxygen atoms in total. The van der Waals surface area contributed by atoms with Gasteiger partial charge in [-0.3, -0.25) is 5.84 Å². The van der Waals surface area contributed by atoms with Crippen molar-refractivity contribution >= 4 is 23.2 Å². The van der Waals surface area contributed by atoms with E-state index in [0.29, 0.717) is 18.3 Å². The fourth-order valence-electron chi connectivity index (χ4n) is 1.34. The standard InChI is InChI=1S/C11H16Cl2N2/c12-6-5-10-1-3-11(4-2-10)9-15(14)8-7-13/h1-4H,5-9,14H2. The summed E-state index contributed by atoms with van der Waals surface area (Å²) < 4.78 is 0. The number of nitrogens with zero attached hydrogens (tertiary/aromatic N) is 1. The molecule has 1 aromatic rings. The Bertz CT molecular complexity index is 274. The minimum absolute atomic E-state index is 0.556. The van der Waals surface area contributed by atoms with Crippen LogP contribution < -0.4 is 5.84 Å². The van der Waals surface area contributed by atoms with Gasteiger partial charge in [0.25, 0.3) is 0 Å². The molecule has 0 aliphatic heterocycles. The molecular weight excluding hydrogens is 231 g/mol. The van der Waals surface area contributed by atoms with Gasteiger partial charge in [0.05, 0.1) is 0 Å². The first-order valence-electron chi connectivity index (χ1n) is 4.95. The topological polar surface area (TPSA) is 29.3 Å². The Morgan fingerprint density at radius 1 is 1.00 bits per heavy atom. The predicted octanol–water partition coefficient (Wildman–Crippen LogP) is 2.38. The normalized spacial score (nSPS) is 10.9. The lowest BCUT2D eigenvalue weighted by molar-refractivity contribution is 0.292. The van der Waals surface area contributed by atoms with Crippen molar-refractivity contribution in [2.24, 2.45) is 5.84 Å². The second-order valence-corrected chi connectivity index (χ2v) is 4.17. The first kappa shape index (κ1) is 12.8. The lowest BCUT2D eigenvalue weighted by Crippen LogP contribution is -2.32. The van der Waals surface area contributed by atoms with Crippen molar-refractivity contribution < 1.29 is 0 Å².